The molecule has 2 saturated heterocycles. The molecular formula is C27H24N2O6S. The Hall–Kier alpha value is -3.50. The summed E-state index contributed by atoms with van der Waals surface area (Å²) < 4.78 is 46.1. The minimum atomic E-state index is -3.81. The Balaban J connectivity index is 1.11. The van der Waals surface area contributed by atoms with E-state index in [1.54, 1.807) is 24.3 Å². The molecule has 0 saturated carbocycles. The number of nitrogens with one attached hydrogen (secondary N) is 2. The van der Waals surface area contributed by atoms with Gasteiger partial charge in [-0.25, -0.2) is 17.9 Å². The molecule has 4 aromatic carbocycles. The first-order chi connectivity index (χ1) is 17.5. The molecule has 4 atom stereocenters. The second-order valence-electron chi connectivity index (χ2n) is 8.93. The fourth-order valence-electron chi connectivity index (χ4n) is 4.88. The topological polar surface area (TPSA) is 103 Å². The molecule has 0 aromatic heterocycles. The molecule has 0 spiro atoms. The molecule has 4 aromatic rings. The first-order valence-corrected chi connectivity index (χ1v) is 13.2. The highest BCUT2D eigenvalue weighted by Crippen LogP contribution is 2.31. The van der Waals surface area contributed by atoms with Crippen LogP contribution in [0.1, 0.15) is 0 Å². The number of benzene rings is 4. The summed E-state index contributed by atoms with van der Waals surface area (Å²) in [6.45, 7) is 0.236. The maximum absolute atomic E-state index is 13.1. The lowest BCUT2D eigenvalue weighted by Gasteiger charge is -2.18. The lowest BCUT2D eigenvalue weighted by molar-refractivity contribution is 0.00884. The summed E-state index contributed by atoms with van der Waals surface area (Å²) in [7, 11) is -3.81. The number of ether oxygens (including phenoxy) is 3. The van der Waals surface area contributed by atoms with Crippen LogP contribution in [0.25, 0.3) is 21.5 Å². The number of sulfonamides is 1. The van der Waals surface area contributed by atoms with Crippen LogP contribution in [0.2, 0.25) is 0 Å². The Morgan fingerprint density at radius 3 is 2.39 bits per heavy atom. The maximum Gasteiger partial charge on any atom is 0.412 e. The van der Waals surface area contributed by atoms with E-state index < -0.39 is 40.5 Å². The van der Waals surface area contributed by atoms with E-state index in [1.165, 1.54) is 0 Å². The van der Waals surface area contributed by atoms with E-state index in [0.717, 1.165) is 21.5 Å². The Morgan fingerprint density at radius 1 is 0.806 bits per heavy atom. The van der Waals surface area contributed by atoms with Crippen molar-refractivity contribution in [1.82, 2.24) is 4.72 Å². The van der Waals surface area contributed by atoms with Gasteiger partial charge in [-0.1, -0.05) is 66.7 Å². The van der Waals surface area contributed by atoms with Gasteiger partial charge in [0.15, 0.2) is 6.10 Å². The normalized spacial score (nSPS) is 23.6. The fourth-order valence-corrected chi connectivity index (χ4v) is 6.15. The zero-order valence-corrected chi connectivity index (χ0v) is 20.0. The van der Waals surface area contributed by atoms with E-state index in [9.17, 15) is 13.2 Å². The van der Waals surface area contributed by atoms with Gasteiger partial charge in [-0.15, -0.1) is 0 Å². The highest BCUT2D eigenvalue weighted by molar-refractivity contribution is 7.89. The van der Waals surface area contributed by atoms with Crippen LogP contribution in [0.3, 0.4) is 0 Å². The van der Waals surface area contributed by atoms with Gasteiger partial charge in [0.05, 0.1) is 29.8 Å². The zero-order valence-electron chi connectivity index (χ0n) is 19.2. The molecule has 2 fully saturated rings. The quantitative estimate of drug-likeness (QED) is 0.425. The van der Waals surface area contributed by atoms with Crippen molar-refractivity contribution >= 4 is 43.3 Å². The Bertz CT molecular complexity index is 1550. The number of hydrogen-bond donors (Lipinski definition) is 2. The molecule has 0 aliphatic carbocycles. The predicted octanol–water partition coefficient (Wildman–Crippen LogP) is 4.05. The third-order valence-corrected chi connectivity index (χ3v) is 8.12. The van der Waals surface area contributed by atoms with Crippen molar-refractivity contribution in [3.05, 3.63) is 84.9 Å². The first-order valence-electron chi connectivity index (χ1n) is 11.7. The molecular weight excluding hydrogens is 480 g/mol. The van der Waals surface area contributed by atoms with Gasteiger partial charge in [-0.3, -0.25) is 5.32 Å². The van der Waals surface area contributed by atoms with E-state index >= 15 is 0 Å². The van der Waals surface area contributed by atoms with Gasteiger partial charge < -0.3 is 14.2 Å². The molecule has 8 nitrogen and oxygen atoms in total. The third kappa shape index (κ3) is 4.31. The van der Waals surface area contributed by atoms with Gasteiger partial charge in [-0.2, -0.15) is 0 Å². The van der Waals surface area contributed by atoms with Crippen LogP contribution in [0.5, 0.6) is 0 Å². The van der Waals surface area contributed by atoms with Crippen molar-refractivity contribution in [1.29, 1.82) is 0 Å². The van der Waals surface area contributed by atoms with Crippen LogP contribution in [0, 0.1) is 0 Å². The number of fused-ring (bicyclic) bond motifs is 3. The van der Waals surface area contributed by atoms with Crippen LogP contribution < -0.4 is 10.0 Å². The average Bonchev–Trinajstić information content (AvgIpc) is 3.47. The van der Waals surface area contributed by atoms with E-state index in [4.69, 9.17) is 14.2 Å². The van der Waals surface area contributed by atoms with Crippen molar-refractivity contribution in [2.24, 2.45) is 0 Å². The summed E-state index contributed by atoms with van der Waals surface area (Å²) in [5.41, 5.74) is 0.641. The SMILES string of the molecule is O=C(Nc1cccc2ccccc12)O[C@@H]1CO[C@H]2[C@@H]1OC[C@@H]2NS(=O)(=O)c1ccc2ccccc2c1. The van der Waals surface area contributed by atoms with Gasteiger partial charge >= 0.3 is 6.09 Å². The number of rotatable bonds is 5. The smallest absolute Gasteiger partial charge is 0.412 e. The van der Waals surface area contributed by atoms with Crippen molar-refractivity contribution in [3.63, 3.8) is 0 Å². The second-order valence-corrected chi connectivity index (χ2v) is 10.6. The van der Waals surface area contributed by atoms with Crippen LogP contribution in [-0.4, -0.2) is 52.1 Å². The molecule has 9 heteroatoms. The van der Waals surface area contributed by atoms with Gasteiger partial charge in [0.1, 0.15) is 12.2 Å². The van der Waals surface area contributed by atoms with Gasteiger partial charge in [0, 0.05) is 5.39 Å². The molecule has 2 N–H and O–H groups in total. The minimum absolute atomic E-state index is 0.118. The summed E-state index contributed by atoms with van der Waals surface area (Å²) in [6, 6.07) is 25.3. The van der Waals surface area contributed by atoms with E-state index in [2.05, 4.69) is 10.0 Å². The van der Waals surface area contributed by atoms with E-state index in [0.29, 0.717) is 5.69 Å². The van der Waals surface area contributed by atoms with Crippen LogP contribution in [0.15, 0.2) is 89.8 Å². The van der Waals surface area contributed by atoms with Crippen molar-refractivity contribution in [2.75, 3.05) is 18.5 Å². The fraction of sp³-hybridized carbons (Fsp3) is 0.222. The number of hydrogen-bond acceptors (Lipinski definition) is 6. The summed E-state index contributed by atoms with van der Waals surface area (Å²) in [5.74, 6) is 0. The highest BCUT2D eigenvalue weighted by atomic mass is 32.2. The molecule has 6 rings (SSSR count). The molecule has 2 heterocycles. The summed E-state index contributed by atoms with van der Waals surface area (Å²) in [6.07, 6.45) is -2.40. The van der Waals surface area contributed by atoms with Gasteiger partial charge in [0.2, 0.25) is 10.0 Å². The second kappa shape index (κ2) is 9.18. The molecule has 2 aliphatic heterocycles. The first kappa shape index (κ1) is 22.9. The summed E-state index contributed by atoms with van der Waals surface area (Å²) in [4.78, 5) is 12.8. The van der Waals surface area contributed by atoms with Gasteiger partial charge in [-0.05, 0) is 34.4 Å². The lowest BCUT2D eigenvalue weighted by Crippen LogP contribution is -2.44. The standard InChI is InChI=1S/C27H24N2O6S/c30-27(28-22-11-5-9-18-7-3-4-10-21(18)22)35-24-16-34-25-23(15-33-26(24)25)29-36(31,32)20-13-12-17-6-1-2-8-19(17)14-20/h1-14,23-26,29H,15-16H2,(H,28,30)/t23-,24+,25+,26+/m0/s1. The summed E-state index contributed by atoms with van der Waals surface area (Å²) >= 11 is 0. The lowest BCUT2D eigenvalue weighted by atomic mass is 10.1. The van der Waals surface area contributed by atoms with Crippen molar-refractivity contribution in [2.45, 2.75) is 29.2 Å². The van der Waals surface area contributed by atoms with E-state index in [1.807, 2.05) is 60.7 Å². The molecule has 1 amide bonds. The highest BCUT2D eigenvalue weighted by Gasteiger charge is 2.50. The minimum Gasteiger partial charge on any atom is -0.441 e. The van der Waals surface area contributed by atoms with Crippen molar-refractivity contribution < 1.29 is 27.4 Å². The van der Waals surface area contributed by atoms with E-state index in [-0.39, 0.29) is 18.1 Å². The van der Waals surface area contributed by atoms with Crippen LogP contribution >= 0.6 is 0 Å². The molecule has 36 heavy (non-hydrogen) atoms. The monoisotopic (exact) mass is 504 g/mol. The zero-order chi connectivity index (χ0) is 24.7. The Labute approximate surface area is 208 Å². The number of carbonyl (C=O) groups is 1. The molecule has 0 bridgehead atoms. The number of amides is 1. The van der Waals surface area contributed by atoms with Crippen LogP contribution in [0.4, 0.5) is 10.5 Å². The molecule has 0 radical (unpaired) electrons. The number of carbonyl (C=O) groups excluding carboxylic acids is 1. The Kier molecular flexibility index (Phi) is 5.85. The van der Waals surface area contributed by atoms with Crippen LogP contribution in [-0.2, 0) is 24.2 Å². The van der Waals surface area contributed by atoms with Crippen molar-refractivity contribution in [3.8, 4) is 0 Å². The van der Waals surface area contributed by atoms with Gasteiger partial charge in [0.25, 0.3) is 0 Å². The predicted molar refractivity (Wildman–Crippen MR) is 135 cm³/mol. The molecule has 2 aliphatic rings. The Morgan fingerprint density at radius 2 is 1.53 bits per heavy atom. The average molecular weight is 505 g/mol. The number of anilines is 1. The molecule has 0 unspecified atom stereocenters. The summed E-state index contributed by atoms with van der Waals surface area (Å²) in [5, 5.41) is 6.49. The largest absolute Gasteiger partial charge is 0.441 e. The molecule has 184 valence electrons. The third-order valence-electron chi connectivity index (χ3n) is 6.63. The maximum atomic E-state index is 13.1.